The normalized spacial score (nSPS) is 18.7. The summed E-state index contributed by atoms with van der Waals surface area (Å²) in [7, 11) is 1.64. The van der Waals surface area contributed by atoms with Crippen molar-refractivity contribution in [3.05, 3.63) is 24.5 Å². The number of pyridine rings is 1. The first-order chi connectivity index (χ1) is 10.8. The van der Waals surface area contributed by atoms with E-state index in [1.54, 1.807) is 30.3 Å². The number of aromatic nitrogens is 3. The molecule has 0 aliphatic carbocycles. The van der Waals surface area contributed by atoms with Crippen LogP contribution in [0.4, 0.5) is 19.0 Å². The third-order valence-corrected chi connectivity index (χ3v) is 3.79. The quantitative estimate of drug-likeness (QED) is 0.858. The fourth-order valence-corrected chi connectivity index (χ4v) is 2.66. The Morgan fingerprint density at radius 1 is 1.30 bits per heavy atom. The molecule has 2 aromatic heterocycles. The number of carbonyl (C=O) groups is 1. The summed E-state index contributed by atoms with van der Waals surface area (Å²) >= 11 is 0. The Morgan fingerprint density at radius 3 is 2.78 bits per heavy atom. The predicted octanol–water partition coefficient (Wildman–Crippen LogP) is 1.62. The summed E-state index contributed by atoms with van der Waals surface area (Å²) in [5.74, 6) is -0.0592. The van der Waals surface area contributed by atoms with Gasteiger partial charge in [-0.25, -0.2) is 9.97 Å². The van der Waals surface area contributed by atoms with Crippen LogP contribution in [0, 0.1) is 0 Å². The van der Waals surface area contributed by atoms with Crippen molar-refractivity contribution in [3.8, 4) is 0 Å². The molecule has 23 heavy (non-hydrogen) atoms. The van der Waals surface area contributed by atoms with Crippen LogP contribution in [0.15, 0.2) is 24.5 Å². The summed E-state index contributed by atoms with van der Waals surface area (Å²) in [4.78, 5) is 27.1. The van der Waals surface area contributed by atoms with Crippen molar-refractivity contribution in [1.82, 2.24) is 19.9 Å². The zero-order valence-corrected chi connectivity index (χ0v) is 12.3. The number of halogens is 3. The van der Waals surface area contributed by atoms with Gasteiger partial charge in [-0.3, -0.25) is 9.78 Å². The van der Waals surface area contributed by atoms with E-state index in [1.165, 1.54) is 6.20 Å². The Labute approximate surface area is 129 Å². The number of likely N-dealkylation sites (N-methyl/N-ethyl adjacent to an activating group) is 1. The molecule has 9 heteroatoms. The molecular formula is C14H14F3N5O. The average Bonchev–Trinajstić information content (AvgIpc) is 2.85. The van der Waals surface area contributed by atoms with E-state index in [0.717, 1.165) is 4.90 Å². The van der Waals surface area contributed by atoms with Crippen LogP contribution in [0.3, 0.4) is 0 Å². The topological polar surface area (TPSA) is 62.2 Å². The van der Waals surface area contributed by atoms with E-state index in [9.17, 15) is 18.0 Å². The molecule has 0 aromatic carbocycles. The van der Waals surface area contributed by atoms with Gasteiger partial charge in [0.2, 0.25) is 5.91 Å². The number of alkyl halides is 3. The molecule has 1 atom stereocenters. The summed E-state index contributed by atoms with van der Waals surface area (Å²) in [6.45, 7) is -1.13. The van der Waals surface area contributed by atoms with E-state index in [1.807, 2.05) is 0 Å². The lowest BCUT2D eigenvalue weighted by Gasteiger charge is -2.25. The molecule has 0 spiro atoms. The van der Waals surface area contributed by atoms with Crippen molar-refractivity contribution in [1.29, 1.82) is 0 Å². The number of anilines is 1. The minimum Gasteiger partial charge on any atom is -0.347 e. The van der Waals surface area contributed by atoms with Crippen LogP contribution in [0.25, 0.3) is 11.2 Å². The number of fused-ring (bicyclic) bond motifs is 1. The maximum absolute atomic E-state index is 12.5. The van der Waals surface area contributed by atoms with Crippen molar-refractivity contribution in [2.45, 2.75) is 18.6 Å². The number of hydrogen-bond donors (Lipinski definition) is 0. The third kappa shape index (κ3) is 3.17. The van der Waals surface area contributed by atoms with Crippen LogP contribution >= 0.6 is 0 Å². The summed E-state index contributed by atoms with van der Waals surface area (Å²) in [6, 6.07) is 2.74. The molecule has 2 aromatic rings. The Kier molecular flexibility index (Phi) is 3.78. The summed E-state index contributed by atoms with van der Waals surface area (Å²) in [5.41, 5.74) is 1.04. The van der Waals surface area contributed by atoms with Crippen molar-refractivity contribution in [2.75, 3.05) is 25.0 Å². The van der Waals surface area contributed by atoms with Crippen LogP contribution < -0.4 is 4.90 Å². The smallest absolute Gasteiger partial charge is 0.347 e. The maximum Gasteiger partial charge on any atom is 0.406 e. The molecule has 0 unspecified atom stereocenters. The van der Waals surface area contributed by atoms with Crippen LogP contribution in [-0.2, 0) is 4.79 Å². The number of nitrogens with zero attached hydrogens (tertiary/aromatic N) is 5. The van der Waals surface area contributed by atoms with Crippen molar-refractivity contribution in [2.24, 2.45) is 0 Å². The predicted molar refractivity (Wildman–Crippen MR) is 76.8 cm³/mol. The van der Waals surface area contributed by atoms with Crippen molar-refractivity contribution in [3.63, 3.8) is 0 Å². The van der Waals surface area contributed by atoms with Crippen LogP contribution in [0.2, 0.25) is 0 Å². The largest absolute Gasteiger partial charge is 0.406 e. The first-order valence-corrected chi connectivity index (χ1v) is 7.01. The lowest BCUT2D eigenvalue weighted by atomic mass is 10.2. The van der Waals surface area contributed by atoms with E-state index in [2.05, 4.69) is 15.0 Å². The Morgan fingerprint density at radius 2 is 2.04 bits per heavy atom. The number of carbonyl (C=O) groups excluding carboxylic acids is 1. The molecule has 6 nitrogen and oxygen atoms in total. The molecule has 1 aliphatic rings. The van der Waals surface area contributed by atoms with E-state index in [4.69, 9.17) is 0 Å². The van der Waals surface area contributed by atoms with Gasteiger partial charge < -0.3 is 9.80 Å². The van der Waals surface area contributed by atoms with Gasteiger partial charge in [-0.05, 0) is 18.6 Å². The van der Waals surface area contributed by atoms with Gasteiger partial charge in [-0.1, -0.05) is 0 Å². The van der Waals surface area contributed by atoms with Crippen LogP contribution in [-0.4, -0.2) is 58.1 Å². The number of rotatable bonds is 3. The molecule has 1 aliphatic heterocycles. The van der Waals surface area contributed by atoms with Crippen LogP contribution in [0.5, 0.6) is 0 Å². The first kappa shape index (κ1) is 15.4. The second-order valence-electron chi connectivity index (χ2n) is 5.36. The van der Waals surface area contributed by atoms with E-state index in [0.29, 0.717) is 23.4 Å². The molecule has 0 saturated carbocycles. The monoisotopic (exact) mass is 325 g/mol. The van der Waals surface area contributed by atoms with Gasteiger partial charge in [0.05, 0.1) is 0 Å². The van der Waals surface area contributed by atoms with Gasteiger partial charge in [0.15, 0.2) is 5.65 Å². The number of hydrogen-bond acceptors (Lipinski definition) is 5. The summed E-state index contributed by atoms with van der Waals surface area (Å²) in [5, 5.41) is 0. The highest BCUT2D eigenvalue weighted by molar-refractivity contribution is 5.87. The lowest BCUT2D eigenvalue weighted by Crippen LogP contribution is -2.42. The molecular weight excluding hydrogens is 311 g/mol. The molecule has 1 amide bonds. The van der Waals surface area contributed by atoms with E-state index >= 15 is 0 Å². The zero-order chi connectivity index (χ0) is 16.6. The molecule has 0 bridgehead atoms. The second kappa shape index (κ2) is 5.64. The molecule has 0 N–H and O–H groups in total. The Balaban J connectivity index is 1.79. The fourth-order valence-electron chi connectivity index (χ4n) is 2.66. The maximum atomic E-state index is 12.5. The molecule has 1 fully saturated rings. The standard InChI is InChI=1S/C14H14F3N5O/c1-21(10-4-7-22(13(10)23)8-14(15,16)17)11-3-2-9-12(20-11)19-6-5-18-9/h2-3,5-6,10H,4,7-8H2,1H3/t10-/m1/s1. The highest BCUT2D eigenvalue weighted by Crippen LogP contribution is 2.25. The fraction of sp³-hybridized carbons (Fsp3) is 0.429. The van der Waals surface area contributed by atoms with Gasteiger partial charge in [-0.15, -0.1) is 0 Å². The zero-order valence-electron chi connectivity index (χ0n) is 12.3. The highest BCUT2D eigenvalue weighted by atomic mass is 19.4. The van der Waals surface area contributed by atoms with Gasteiger partial charge in [0.1, 0.15) is 23.9 Å². The van der Waals surface area contributed by atoms with E-state index in [-0.39, 0.29) is 6.54 Å². The minimum atomic E-state index is -4.39. The molecule has 3 rings (SSSR count). The molecule has 1 saturated heterocycles. The Bertz CT molecular complexity index is 736. The van der Waals surface area contributed by atoms with Crippen LogP contribution in [0.1, 0.15) is 6.42 Å². The number of amides is 1. The SMILES string of the molecule is CN(c1ccc2nccnc2n1)[C@@H]1CCN(CC(F)(F)F)C1=O. The van der Waals surface area contributed by atoms with Gasteiger partial charge >= 0.3 is 6.18 Å². The Hall–Kier alpha value is -2.45. The molecule has 122 valence electrons. The molecule has 3 heterocycles. The van der Waals surface area contributed by atoms with Crippen molar-refractivity contribution >= 4 is 22.9 Å². The third-order valence-electron chi connectivity index (χ3n) is 3.79. The minimum absolute atomic E-state index is 0.0841. The molecule has 0 radical (unpaired) electrons. The second-order valence-corrected chi connectivity index (χ2v) is 5.36. The summed E-state index contributed by atoms with van der Waals surface area (Å²) < 4.78 is 37.4. The first-order valence-electron chi connectivity index (χ1n) is 7.01. The van der Waals surface area contributed by atoms with Gasteiger partial charge in [0.25, 0.3) is 0 Å². The van der Waals surface area contributed by atoms with E-state index < -0.39 is 24.7 Å². The number of likely N-dealkylation sites (tertiary alicyclic amines) is 1. The van der Waals surface area contributed by atoms with Gasteiger partial charge in [-0.2, -0.15) is 13.2 Å². The van der Waals surface area contributed by atoms with Crippen molar-refractivity contribution < 1.29 is 18.0 Å². The summed E-state index contributed by atoms with van der Waals surface area (Å²) in [6.07, 6.45) is -1.01. The lowest BCUT2D eigenvalue weighted by molar-refractivity contribution is -0.157. The average molecular weight is 325 g/mol. The van der Waals surface area contributed by atoms with Gasteiger partial charge in [0, 0.05) is 26.0 Å². The highest BCUT2D eigenvalue weighted by Gasteiger charge is 2.41.